The van der Waals surface area contributed by atoms with E-state index in [1.807, 2.05) is 0 Å². The monoisotopic (exact) mass is 230 g/mol. The zero-order chi connectivity index (χ0) is 12.3. The van der Waals surface area contributed by atoms with Gasteiger partial charge in [0.25, 0.3) is 0 Å². The largest absolute Gasteiger partial charge is 0.478 e. The molecule has 0 atom stereocenters. The standard InChI is InChI=1S/C9H8F2N2O3/c10-5-1-4(9(15)16)2-6(11)8(5)13-3-7(12)14/h1-2,13H,3H2,(H2,12,14)(H,15,16). The molecule has 1 aromatic carbocycles. The molecule has 0 heterocycles. The van der Waals surface area contributed by atoms with Gasteiger partial charge < -0.3 is 16.2 Å². The van der Waals surface area contributed by atoms with Crippen molar-refractivity contribution in [2.75, 3.05) is 11.9 Å². The minimum Gasteiger partial charge on any atom is -0.478 e. The Morgan fingerprint density at radius 1 is 1.31 bits per heavy atom. The fraction of sp³-hybridized carbons (Fsp3) is 0.111. The second kappa shape index (κ2) is 4.56. The molecule has 5 nitrogen and oxygen atoms in total. The minimum atomic E-state index is -1.45. The van der Waals surface area contributed by atoms with Crippen LogP contribution in [0.5, 0.6) is 0 Å². The van der Waals surface area contributed by atoms with Crippen molar-refractivity contribution in [3.63, 3.8) is 0 Å². The Kier molecular flexibility index (Phi) is 3.39. The van der Waals surface area contributed by atoms with Crippen molar-refractivity contribution in [1.82, 2.24) is 0 Å². The van der Waals surface area contributed by atoms with Crippen LogP contribution in [0.25, 0.3) is 0 Å². The fourth-order valence-corrected chi connectivity index (χ4v) is 1.04. The Hall–Kier alpha value is -2.18. The molecule has 0 aliphatic heterocycles. The first-order chi connectivity index (χ1) is 7.41. The topological polar surface area (TPSA) is 92.4 Å². The number of aromatic carboxylic acids is 1. The lowest BCUT2D eigenvalue weighted by Gasteiger charge is -2.07. The highest BCUT2D eigenvalue weighted by molar-refractivity contribution is 5.88. The summed E-state index contributed by atoms with van der Waals surface area (Å²) in [5, 5.41) is 10.6. The summed E-state index contributed by atoms with van der Waals surface area (Å²) in [6, 6.07) is 1.30. The number of nitrogens with one attached hydrogen (secondary N) is 1. The van der Waals surface area contributed by atoms with Crippen molar-refractivity contribution in [1.29, 1.82) is 0 Å². The molecule has 4 N–H and O–H groups in total. The van der Waals surface area contributed by atoms with Crippen LogP contribution in [-0.4, -0.2) is 23.5 Å². The number of carboxylic acids is 1. The number of amides is 1. The zero-order valence-corrected chi connectivity index (χ0v) is 7.96. The highest BCUT2D eigenvalue weighted by atomic mass is 19.1. The van der Waals surface area contributed by atoms with Crippen LogP contribution in [-0.2, 0) is 4.79 Å². The van der Waals surface area contributed by atoms with Crippen molar-refractivity contribution in [3.05, 3.63) is 29.3 Å². The number of benzene rings is 1. The third kappa shape index (κ3) is 2.66. The van der Waals surface area contributed by atoms with Gasteiger partial charge in [0.2, 0.25) is 5.91 Å². The second-order valence-electron chi connectivity index (χ2n) is 2.94. The van der Waals surface area contributed by atoms with Crippen molar-refractivity contribution in [3.8, 4) is 0 Å². The van der Waals surface area contributed by atoms with Gasteiger partial charge in [-0.2, -0.15) is 0 Å². The number of hydrogen-bond donors (Lipinski definition) is 3. The average molecular weight is 230 g/mol. The van der Waals surface area contributed by atoms with Crippen LogP contribution >= 0.6 is 0 Å². The van der Waals surface area contributed by atoms with Gasteiger partial charge in [0.1, 0.15) is 17.3 Å². The summed E-state index contributed by atoms with van der Waals surface area (Å²) in [5.74, 6) is -4.43. The lowest BCUT2D eigenvalue weighted by molar-refractivity contribution is -0.116. The molecule has 0 bridgehead atoms. The Labute approximate surface area is 88.9 Å². The SMILES string of the molecule is NC(=O)CNc1c(F)cc(C(=O)O)cc1F. The van der Waals surface area contributed by atoms with E-state index < -0.39 is 41.3 Å². The summed E-state index contributed by atoms with van der Waals surface area (Å²) in [6.45, 7) is -0.444. The van der Waals surface area contributed by atoms with Gasteiger partial charge in [-0.25, -0.2) is 13.6 Å². The third-order valence-electron chi connectivity index (χ3n) is 1.73. The summed E-state index contributed by atoms with van der Waals surface area (Å²) >= 11 is 0. The van der Waals surface area contributed by atoms with Gasteiger partial charge in [-0.1, -0.05) is 0 Å². The first-order valence-electron chi connectivity index (χ1n) is 4.16. The lowest BCUT2D eigenvalue weighted by atomic mass is 10.2. The minimum absolute atomic E-state index is 0.444. The number of nitrogens with two attached hydrogens (primary N) is 1. The molecule has 0 saturated heterocycles. The Morgan fingerprint density at radius 2 is 1.81 bits per heavy atom. The predicted molar refractivity (Wildman–Crippen MR) is 51.0 cm³/mol. The molecule has 1 rings (SSSR count). The van der Waals surface area contributed by atoms with Gasteiger partial charge in [0, 0.05) is 0 Å². The zero-order valence-electron chi connectivity index (χ0n) is 7.96. The molecule has 7 heteroatoms. The fourth-order valence-electron chi connectivity index (χ4n) is 1.04. The normalized spacial score (nSPS) is 9.88. The number of rotatable bonds is 4. The molecule has 0 spiro atoms. The van der Waals surface area contributed by atoms with Gasteiger partial charge in [-0.3, -0.25) is 4.79 Å². The van der Waals surface area contributed by atoms with Gasteiger partial charge >= 0.3 is 5.97 Å². The van der Waals surface area contributed by atoms with Crippen LogP contribution in [0.15, 0.2) is 12.1 Å². The second-order valence-corrected chi connectivity index (χ2v) is 2.94. The van der Waals surface area contributed by atoms with Crippen LogP contribution in [0.1, 0.15) is 10.4 Å². The highest BCUT2D eigenvalue weighted by Gasteiger charge is 2.14. The molecule has 0 aliphatic carbocycles. The van der Waals surface area contributed by atoms with E-state index in [0.717, 1.165) is 0 Å². The van der Waals surface area contributed by atoms with Gasteiger partial charge in [0.15, 0.2) is 0 Å². The molecule has 0 aliphatic rings. The van der Waals surface area contributed by atoms with Crippen LogP contribution in [0.2, 0.25) is 0 Å². The van der Waals surface area contributed by atoms with Crippen LogP contribution in [0.3, 0.4) is 0 Å². The summed E-state index contributed by atoms with van der Waals surface area (Å²) in [7, 11) is 0. The number of halogens is 2. The van der Waals surface area contributed by atoms with E-state index in [1.165, 1.54) is 0 Å². The molecular formula is C9H8F2N2O3. The van der Waals surface area contributed by atoms with E-state index >= 15 is 0 Å². The Balaban J connectivity index is 3.03. The molecule has 0 unspecified atom stereocenters. The Bertz CT molecular complexity index is 425. The summed E-state index contributed by atoms with van der Waals surface area (Å²) in [6.07, 6.45) is 0. The molecule has 1 aromatic rings. The molecule has 86 valence electrons. The van der Waals surface area contributed by atoms with Gasteiger partial charge in [-0.05, 0) is 12.1 Å². The van der Waals surface area contributed by atoms with Crippen molar-refractivity contribution < 1.29 is 23.5 Å². The molecule has 0 fully saturated rings. The summed E-state index contributed by atoms with van der Waals surface area (Å²) in [5.41, 5.74) is 3.68. The maximum atomic E-state index is 13.2. The summed E-state index contributed by atoms with van der Waals surface area (Å²) < 4.78 is 26.4. The van der Waals surface area contributed by atoms with E-state index in [2.05, 4.69) is 5.32 Å². The average Bonchev–Trinajstić information content (AvgIpc) is 2.15. The number of carboxylic acid groups (broad SMARTS) is 1. The molecule has 0 saturated carbocycles. The van der Waals surface area contributed by atoms with E-state index in [0.29, 0.717) is 12.1 Å². The van der Waals surface area contributed by atoms with E-state index in [1.54, 1.807) is 0 Å². The van der Waals surface area contributed by atoms with Crippen LogP contribution in [0.4, 0.5) is 14.5 Å². The Morgan fingerprint density at radius 3 is 2.19 bits per heavy atom. The van der Waals surface area contributed by atoms with Gasteiger partial charge in [-0.15, -0.1) is 0 Å². The quantitative estimate of drug-likeness (QED) is 0.704. The molecule has 16 heavy (non-hydrogen) atoms. The first kappa shape index (κ1) is 11.9. The first-order valence-corrected chi connectivity index (χ1v) is 4.16. The molecule has 1 amide bonds. The van der Waals surface area contributed by atoms with Crippen LogP contribution in [0, 0.1) is 11.6 Å². The maximum absolute atomic E-state index is 13.2. The maximum Gasteiger partial charge on any atom is 0.335 e. The highest BCUT2D eigenvalue weighted by Crippen LogP contribution is 2.20. The summed E-state index contributed by atoms with van der Waals surface area (Å²) in [4.78, 5) is 20.8. The third-order valence-corrected chi connectivity index (χ3v) is 1.73. The smallest absolute Gasteiger partial charge is 0.335 e. The van der Waals surface area contributed by atoms with Crippen LogP contribution < -0.4 is 11.1 Å². The number of hydrogen-bond acceptors (Lipinski definition) is 3. The number of carbonyl (C=O) groups is 2. The van der Waals surface area contributed by atoms with E-state index in [-0.39, 0.29) is 0 Å². The van der Waals surface area contributed by atoms with Crippen molar-refractivity contribution in [2.24, 2.45) is 5.73 Å². The molecule has 0 aromatic heterocycles. The predicted octanol–water partition coefficient (Wildman–Crippen LogP) is 0.560. The number of primary amides is 1. The number of carbonyl (C=O) groups excluding carboxylic acids is 1. The molecule has 0 radical (unpaired) electrons. The van der Waals surface area contributed by atoms with Crippen molar-refractivity contribution >= 4 is 17.6 Å². The lowest BCUT2D eigenvalue weighted by Crippen LogP contribution is -2.22. The molecular weight excluding hydrogens is 222 g/mol. The number of anilines is 1. The van der Waals surface area contributed by atoms with E-state index in [9.17, 15) is 18.4 Å². The van der Waals surface area contributed by atoms with E-state index in [4.69, 9.17) is 10.8 Å². The van der Waals surface area contributed by atoms with Crippen molar-refractivity contribution in [2.45, 2.75) is 0 Å². The van der Waals surface area contributed by atoms with Gasteiger partial charge in [0.05, 0.1) is 12.1 Å².